The third kappa shape index (κ3) is 2.94. The molecule has 0 radical (unpaired) electrons. The van der Waals surface area contributed by atoms with Gasteiger partial charge in [-0.1, -0.05) is 16.5 Å². The van der Waals surface area contributed by atoms with Gasteiger partial charge in [-0.25, -0.2) is 9.78 Å². The van der Waals surface area contributed by atoms with Crippen LogP contribution in [0, 0.1) is 6.92 Å². The van der Waals surface area contributed by atoms with Crippen molar-refractivity contribution in [2.24, 2.45) is 0 Å². The Morgan fingerprint density at radius 1 is 1.42 bits per heavy atom. The van der Waals surface area contributed by atoms with Gasteiger partial charge in [0.15, 0.2) is 22.4 Å². The van der Waals surface area contributed by atoms with E-state index < -0.39 is 5.97 Å². The molecule has 2 aromatic rings. The van der Waals surface area contributed by atoms with Gasteiger partial charge in [-0.3, -0.25) is 4.79 Å². The molecule has 2 N–H and O–H groups in total. The van der Waals surface area contributed by atoms with Crippen LogP contribution >= 0.6 is 11.3 Å². The van der Waals surface area contributed by atoms with E-state index in [0.29, 0.717) is 16.8 Å². The summed E-state index contributed by atoms with van der Waals surface area (Å²) in [6.07, 6.45) is 0. The number of anilines is 1. The van der Waals surface area contributed by atoms with Gasteiger partial charge in [0.05, 0.1) is 6.54 Å². The van der Waals surface area contributed by atoms with Gasteiger partial charge in [-0.15, -0.1) is 0 Å². The van der Waals surface area contributed by atoms with Crippen LogP contribution in [0.1, 0.15) is 38.8 Å². The Kier molecular flexibility index (Phi) is 3.56. The van der Waals surface area contributed by atoms with Gasteiger partial charge in [0.25, 0.3) is 0 Å². The van der Waals surface area contributed by atoms with Gasteiger partial charge >= 0.3 is 5.97 Å². The quantitative estimate of drug-likeness (QED) is 0.789. The van der Waals surface area contributed by atoms with Gasteiger partial charge in [0, 0.05) is 6.92 Å². The molecule has 8 nitrogen and oxygen atoms in total. The molecule has 0 spiro atoms. The third-order valence-corrected chi connectivity index (χ3v) is 3.22. The molecule has 9 heteroatoms. The van der Waals surface area contributed by atoms with Crippen molar-refractivity contribution >= 4 is 28.2 Å². The van der Waals surface area contributed by atoms with Crippen LogP contribution in [0.5, 0.6) is 0 Å². The Labute approximate surface area is 111 Å². The van der Waals surface area contributed by atoms with Gasteiger partial charge < -0.3 is 14.9 Å². The number of hydrogen-bond acceptors (Lipinski definition) is 8. The van der Waals surface area contributed by atoms with Crippen LogP contribution in [-0.2, 0) is 6.54 Å². The van der Waals surface area contributed by atoms with Crippen molar-refractivity contribution in [1.29, 1.82) is 0 Å². The number of hydrogen-bond donors (Lipinski definition) is 2. The summed E-state index contributed by atoms with van der Waals surface area (Å²) in [4.78, 5) is 30.2. The molecule has 2 heterocycles. The first-order chi connectivity index (χ1) is 8.97. The Morgan fingerprint density at radius 3 is 2.63 bits per heavy atom. The lowest BCUT2D eigenvalue weighted by Crippen LogP contribution is -2.04. The number of aromatic nitrogens is 3. The Balaban J connectivity index is 2.15. The number of carbonyl (C=O) groups excluding carboxylic acids is 1. The number of carbonyl (C=O) groups is 2. The first kappa shape index (κ1) is 13.1. The SMILES string of the molecule is CC(=O)c1sc(NCc2nc(C)no2)nc1C(=O)O. The van der Waals surface area contributed by atoms with E-state index in [1.54, 1.807) is 6.92 Å². The average Bonchev–Trinajstić information content (AvgIpc) is 2.92. The normalized spacial score (nSPS) is 10.4. The minimum Gasteiger partial charge on any atom is -0.476 e. The van der Waals surface area contributed by atoms with Crippen molar-refractivity contribution in [3.8, 4) is 0 Å². The molecule has 19 heavy (non-hydrogen) atoms. The van der Waals surface area contributed by atoms with Crippen molar-refractivity contribution in [3.63, 3.8) is 0 Å². The molecular formula is C10H10N4O4S. The number of Topliss-reactive ketones (excluding diaryl/α,β-unsaturated/α-hetero) is 1. The maximum absolute atomic E-state index is 11.3. The number of thiazole rings is 1. The summed E-state index contributed by atoms with van der Waals surface area (Å²) in [6, 6.07) is 0. The number of aromatic carboxylic acids is 1. The van der Waals surface area contributed by atoms with E-state index in [2.05, 4.69) is 20.4 Å². The lowest BCUT2D eigenvalue weighted by molar-refractivity contribution is 0.0687. The molecule has 0 amide bonds. The minimum atomic E-state index is -1.23. The second-order valence-electron chi connectivity index (χ2n) is 3.65. The summed E-state index contributed by atoms with van der Waals surface area (Å²) >= 11 is 0.980. The molecule has 0 fully saturated rings. The first-order valence-electron chi connectivity index (χ1n) is 5.25. The molecule has 0 bridgehead atoms. The van der Waals surface area contributed by atoms with E-state index in [9.17, 15) is 9.59 Å². The number of ketones is 1. The molecule has 2 rings (SSSR count). The molecule has 0 atom stereocenters. The predicted molar refractivity (Wildman–Crippen MR) is 65.4 cm³/mol. The molecule has 100 valence electrons. The van der Waals surface area contributed by atoms with Crippen LogP contribution < -0.4 is 5.32 Å². The summed E-state index contributed by atoms with van der Waals surface area (Å²) in [5.41, 5.74) is -0.248. The number of nitrogens with zero attached hydrogens (tertiary/aromatic N) is 3. The highest BCUT2D eigenvalue weighted by atomic mass is 32.1. The maximum Gasteiger partial charge on any atom is 0.356 e. The molecule has 0 aliphatic heterocycles. The summed E-state index contributed by atoms with van der Waals surface area (Å²) < 4.78 is 4.89. The van der Waals surface area contributed by atoms with Crippen molar-refractivity contribution in [1.82, 2.24) is 15.1 Å². The van der Waals surface area contributed by atoms with Crippen molar-refractivity contribution in [2.45, 2.75) is 20.4 Å². The van der Waals surface area contributed by atoms with Gasteiger partial charge in [0.1, 0.15) is 4.88 Å². The summed E-state index contributed by atoms with van der Waals surface area (Å²) in [7, 11) is 0. The average molecular weight is 282 g/mol. The molecule has 0 aliphatic rings. The Bertz CT molecular complexity index is 602. The summed E-state index contributed by atoms with van der Waals surface area (Å²) in [5, 5.41) is 15.7. The lowest BCUT2D eigenvalue weighted by atomic mass is 10.3. The second kappa shape index (κ2) is 5.14. The molecule has 0 aliphatic carbocycles. The third-order valence-electron chi connectivity index (χ3n) is 2.11. The molecule has 2 aromatic heterocycles. The summed E-state index contributed by atoms with van der Waals surface area (Å²) in [6.45, 7) is 3.20. The van der Waals surface area contributed by atoms with E-state index in [4.69, 9.17) is 9.63 Å². The van der Waals surface area contributed by atoms with E-state index in [1.165, 1.54) is 6.92 Å². The zero-order valence-corrected chi connectivity index (χ0v) is 10.9. The molecule has 0 saturated carbocycles. The smallest absolute Gasteiger partial charge is 0.356 e. The van der Waals surface area contributed by atoms with Crippen LogP contribution in [0.4, 0.5) is 5.13 Å². The van der Waals surface area contributed by atoms with E-state index >= 15 is 0 Å². The highest BCUT2D eigenvalue weighted by molar-refractivity contribution is 7.17. The van der Waals surface area contributed by atoms with Crippen molar-refractivity contribution in [2.75, 3.05) is 5.32 Å². The van der Waals surface area contributed by atoms with Gasteiger partial charge in [-0.05, 0) is 6.92 Å². The monoisotopic (exact) mass is 282 g/mol. The predicted octanol–water partition coefficient (Wildman–Crippen LogP) is 1.35. The number of nitrogens with one attached hydrogen (secondary N) is 1. The van der Waals surface area contributed by atoms with E-state index in [-0.39, 0.29) is 22.9 Å². The first-order valence-corrected chi connectivity index (χ1v) is 6.07. The fourth-order valence-corrected chi connectivity index (χ4v) is 2.19. The number of rotatable bonds is 5. The largest absolute Gasteiger partial charge is 0.476 e. The second-order valence-corrected chi connectivity index (χ2v) is 4.65. The molecule has 0 saturated heterocycles. The van der Waals surface area contributed by atoms with Crippen molar-refractivity contribution < 1.29 is 19.2 Å². The van der Waals surface area contributed by atoms with E-state index in [1.807, 2.05) is 0 Å². The lowest BCUT2D eigenvalue weighted by Gasteiger charge is -1.95. The highest BCUT2D eigenvalue weighted by Gasteiger charge is 2.20. The Morgan fingerprint density at radius 2 is 2.16 bits per heavy atom. The van der Waals surface area contributed by atoms with Gasteiger partial charge in [0.2, 0.25) is 5.89 Å². The maximum atomic E-state index is 11.3. The zero-order valence-electron chi connectivity index (χ0n) is 10.1. The van der Waals surface area contributed by atoms with Crippen LogP contribution in [0.15, 0.2) is 4.52 Å². The van der Waals surface area contributed by atoms with E-state index in [0.717, 1.165) is 11.3 Å². The standard InChI is InChI=1S/C10H10N4O4S/c1-4(15)8-7(9(16)17)13-10(19-8)11-3-6-12-5(2)14-18-6/h3H2,1-2H3,(H,11,13)(H,16,17). The van der Waals surface area contributed by atoms with Crippen LogP contribution in [0.25, 0.3) is 0 Å². The number of carboxylic acid groups (broad SMARTS) is 1. The highest BCUT2D eigenvalue weighted by Crippen LogP contribution is 2.24. The van der Waals surface area contributed by atoms with Gasteiger partial charge in [-0.2, -0.15) is 4.98 Å². The molecule has 0 aromatic carbocycles. The molecule has 0 unspecified atom stereocenters. The van der Waals surface area contributed by atoms with Crippen molar-refractivity contribution in [3.05, 3.63) is 22.3 Å². The zero-order chi connectivity index (χ0) is 14.0. The minimum absolute atomic E-state index is 0.108. The fraction of sp³-hybridized carbons (Fsp3) is 0.300. The number of aryl methyl sites for hydroxylation is 1. The molecular weight excluding hydrogens is 272 g/mol. The number of carboxylic acids is 1. The van der Waals surface area contributed by atoms with Crippen LogP contribution in [0.2, 0.25) is 0 Å². The fourth-order valence-electron chi connectivity index (χ4n) is 1.34. The topological polar surface area (TPSA) is 118 Å². The Hall–Kier alpha value is -2.29. The summed E-state index contributed by atoms with van der Waals surface area (Å²) in [5.74, 6) is -0.708. The van der Waals surface area contributed by atoms with Crippen LogP contribution in [0.3, 0.4) is 0 Å². The van der Waals surface area contributed by atoms with Crippen LogP contribution in [-0.4, -0.2) is 32.0 Å².